The van der Waals surface area contributed by atoms with Crippen LogP contribution in [0.2, 0.25) is 0 Å². The summed E-state index contributed by atoms with van der Waals surface area (Å²) >= 11 is 0. The third-order valence-electron chi connectivity index (χ3n) is 3.24. The van der Waals surface area contributed by atoms with Crippen molar-refractivity contribution < 1.29 is 17.5 Å². The van der Waals surface area contributed by atoms with Gasteiger partial charge >= 0.3 is 0 Å². The molecule has 0 heterocycles. The van der Waals surface area contributed by atoms with Crippen molar-refractivity contribution in [3.63, 3.8) is 0 Å². The van der Waals surface area contributed by atoms with Crippen LogP contribution in [0.4, 0.5) is 10.1 Å². The van der Waals surface area contributed by atoms with Crippen LogP contribution in [0.15, 0.2) is 48.5 Å². The highest BCUT2D eigenvalue weighted by Gasteiger charge is 2.18. The molecule has 0 aliphatic rings. The van der Waals surface area contributed by atoms with E-state index in [1.165, 1.54) is 35.6 Å². The third kappa shape index (κ3) is 4.21. The van der Waals surface area contributed by atoms with E-state index in [1.54, 1.807) is 12.1 Å². The number of hydrogen-bond donors (Lipinski definition) is 0. The van der Waals surface area contributed by atoms with E-state index in [-0.39, 0.29) is 18.2 Å². The molecule has 0 radical (unpaired) electrons. The standard InChI is InChI=1S/C16H18FNO3S/c1-13-3-7-15(8-4-13)18(2)22(19,20)12-11-21-16-9-5-14(17)6-10-16/h3-10H,11-12H2,1-2H3. The lowest BCUT2D eigenvalue weighted by Gasteiger charge is -2.19. The van der Waals surface area contributed by atoms with Gasteiger partial charge in [0.05, 0.1) is 5.69 Å². The number of ether oxygens (including phenoxy) is 1. The minimum absolute atomic E-state index is 0.00413. The Balaban J connectivity index is 1.95. The Kier molecular flexibility index (Phi) is 5.03. The molecule has 22 heavy (non-hydrogen) atoms. The minimum Gasteiger partial charge on any atom is -0.492 e. The van der Waals surface area contributed by atoms with Crippen molar-refractivity contribution in [2.75, 3.05) is 23.7 Å². The van der Waals surface area contributed by atoms with Gasteiger partial charge in [-0.05, 0) is 43.3 Å². The number of sulfonamides is 1. The van der Waals surface area contributed by atoms with Gasteiger partial charge in [-0.3, -0.25) is 4.31 Å². The van der Waals surface area contributed by atoms with Crippen molar-refractivity contribution in [3.05, 3.63) is 59.9 Å². The summed E-state index contributed by atoms with van der Waals surface area (Å²) in [6.07, 6.45) is 0. The Morgan fingerprint density at radius 1 is 1.05 bits per heavy atom. The molecule has 0 unspecified atom stereocenters. The first kappa shape index (κ1) is 16.3. The molecule has 0 amide bonds. The van der Waals surface area contributed by atoms with E-state index < -0.39 is 10.0 Å². The van der Waals surface area contributed by atoms with E-state index >= 15 is 0 Å². The number of aryl methyl sites for hydroxylation is 1. The SMILES string of the molecule is Cc1ccc(N(C)S(=O)(=O)CCOc2ccc(F)cc2)cc1. The lowest BCUT2D eigenvalue weighted by Crippen LogP contribution is -2.31. The van der Waals surface area contributed by atoms with Crippen LogP contribution >= 0.6 is 0 Å². The van der Waals surface area contributed by atoms with Crippen LogP contribution in [-0.4, -0.2) is 27.8 Å². The lowest BCUT2D eigenvalue weighted by atomic mass is 10.2. The number of nitrogens with zero attached hydrogens (tertiary/aromatic N) is 1. The number of halogens is 1. The molecule has 2 aromatic rings. The van der Waals surface area contributed by atoms with Crippen LogP contribution in [0, 0.1) is 12.7 Å². The van der Waals surface area contributed by atoms with Gasteiger partial charge in [-0.25, -0.2) is 12.8 Å². The van der Waals surface area contributed by atoms with Crippen molar-refractivity contribution in [1.82, 2.24) is 0 Å². The van der Waals surface area contributed by atoms with Crippen molar-refractivity contribution in [2.24, 2.45) is 0 Å². The maximum atomic E-state index is 12.8. The zero-order valence-corrected chi connectivity index (χ0v) is 13.3. The van der Waals surface area contributed by atoms with Crippen molar-refractivity contribution in [3.8, 4) is 5.75 Å². The van der Waals surface area contributed by atoms with E-state index in [0.29, 0.717) is 11.4 Å². The maximum absolute atomic E-state index is 12.8. The highest BCUT2D eigenvalue weighted by atomic mass is 32.2. The van der Waals surface area contributed by atoms with Crippen LogP contribution in [-0.2, 0) is 10.0 Å². The molecule has 0 bridgehead atoms. The fraction of sp³-hybridized carbons (Fsp3) is 0.250. The van der Waals surface area contributed by atoms with E-state index in [1.807, 2.05) is 19.1 Å². The van der Waals surface area contributed by atoms with Gasteiger partial charge in [0.2, 0.25) is 10.0 Å². The average molecular weight is 323 g/mol. The summed E-state index contributed by atoms with van der Waals surface area (Å²) in [5, 5.41) is 0. The van der Waals surface area contributed by atoms with Gasteiger partial charge in [0.1, 0.15) is 23.9 Å². The fourth-order valence-corrected chi connectivity index (χ4v) is 2.86. The van der Waals surface area contributed by atoms with Crippen LogP contribution in [0.25, 0.3) is 0 Å². The normalized spacial score (nSPS) is 11.2. The van der Waals surface area contributed by atoms with Crippen LogP contribution < -0.4 is 9.04 Å². The first-order valence-electron chi connectivity index (χ1n) is 6.80. The van der Waals surface area contributed by atoms with Crippen LogP contribution in [0.3, 0.4) is 0 Å². The second-order valence-electron chi connectivity index (χ2n) is 4.92. The summed E-state index contributed by atoms with van der Waals surface area (Å²) < 4.78 is 43.8. The highest BCUT2D eigenvalue weighted by Crippen LogP contribution is 2.17. The Bertz CT molecular complexity index is 712. The van der Waals surface area contributed by atoms with Crippen LogP contribution in [0.1, 0.15) is 5.56 Å². The highest BCUT2D eigenvalue weighted by molar-refractivity contribution is 7.92. The smallest absolute Gasteiger partial charge is 0.238 e. The predicted molar refractivity (Wildman–Crippen MR) is 85.3 cm³/mol. The summed E-state index contributed by atoms with van der Waals surface area (Å²) in [5.74, 6) is -0.0805. The first-order valence-corrected chi connectivity index (χ1v) is 8.41. The van der Waals surface area contributed by atoms with Gasteiger partial charge in [-0.15, -0.1) is 0 Å². The Hall–Kier alpha value is -2.08. The topological polar surface area (TPSA) is 46.6 Å². The summed E-state index contributed by atoms with van der Waals surface area (Å²) in [6, 6.07) is 12.7. The molecule has 2 aromatic carbocycles. The summed E-state index contributed by atoms with van der Waals surface area (Å²) in [6.45, 7) is 1.94. The maximum Gasteiger partial charge on any atom is 0.238 e. The molecular formula is C16H18FNO3S. The van der Waals surface area contributed by atoms with Gasteiger partial charge in [0.25, 0.3) is 0 Å². The zero-order valence-electron chi connectivity index (χ0n) is 12.5. The molecule has 4 nitrogen and oxygen atoms in total. The monoisotopic (exact) mass is 323 g/mol. The molecule has 0 fully saturated rings. The fourth-order valence-electron chi connectivity index (χ4n) is 1.85. The van der Waals surface area contributed by atoms with Gasteiger partial charge < -0.3 is 4.74 Å². The Morgan fingerprint density at radius 3 is 2.23 bits per heavy atom. The summed E-state index contributed by atoms with van der Waals surface area (Å²) in [7, 11) is -1.96. The Morgan fingerprint density at radius 2 is 1.64 bits per heavy atom. The third-order valence-corrected chi connectivity index (χ3v) is 4.97. The van der Waals surface area contributed by atoms with Crippen molar-refractivity contribution in [1.29, 1.82) is 0 Å². The van der Waals surface area contributed by atoms with Gasteiger partial charge in [0.15, 0.2) is 0 Å². The molecule has 6 heteroatoms. The lowest BCUT2D eigenvalue weighted by molar-refractivity contribution is 0.340. The molecule has 0 aliphatic heterocycles. The number of benzene rings is 2. The molecule has 118 valence electrons. The van der Waals surface area contributed by atoms with Crippen LogP contribution in [0.5, 0.6) is 5.75 Å². The van der Waals surface area contributed by atoms with E-state index in [4.69, 9.17) is 4.74 Å². The van der Waals surface area contributed by atoms with Gasteiger partial charge in [-0.2, -0.15) is 0 Å². The quantitative estimate of drug-likeness (QED) is 0.821. The molecule has 0 saturated heterocycles. The molecule has 0 spiro atoms. The van der Waals surface area contributed by atoms with E-state index in [9.17, 15) is 12.8 Å². The zero-order chi connectivity index (χ0) is 16.2. The predicted octanol–water partition coefficient (Wildman–Crippen LogP) is 2.98. The molecule has 0 N–H and O–H groups in total. The van der Waals surface area contributed by atoms with Crippen molar-refractivity contribution >= 4 is 15.7 Å². The largest absolute Gasteiger partial charge is 0.492 e. The molecule has 0 saturated carbocycles. The molecule has 2 rings (SSSR count). The molecular weight excluding hydrogens is 305 g/mol. The van der Waals surface area contributed by atoms with Crippen molar-refractivity contribution in [2.45, 2.75) is 6.92 Å². The Labute approximate surface area is 130 Å². The second kappa shape index (κ2) is 6.79. The number of rotatable bonds is 6. The van der Waals surface area contributed by atoms with Gasteiger partial charge in [-0.1, -0.05) is 17.7 Å². The van der Waals surface area contributed by atoms with Gasteiger partial charge in [0, 0.05) is 7.05 Å². The van der Waals surface area contributed by atoms with E-state index in [0.717, 1.165) is 5.56 Å². The molecule has 0 atom stereocenters. The summed E-state index contributed by atoms with van der Waals surface area (Å²) in [4.78, 5) is 0. The molecule has 0 aromatic heterocycles. The molecule has 0 aliphatic carbocycles. The number of anilines is 1. The first-order chi connectivity index (χ1) is 10.4. The average Bonchev–Trinajstić information content (AvgIpc) is 2.49. The summed E-state index contributed by atoms with van der Waals surface area (Å²) in [5.41, 5.74) is 1.67. The van der Waals surface area contributed by atoms with E-state index in [2.05, 4.69) is 0 Å². The second-order valence-corrected chi connectivity index (χ2v) is 7.04. The number of hydrogen-bond acceptors (Lipinski definition) is 3. The minimum atomic E-state index is -3.47.